The van der Waals surface area contributed by atoms with Crippen LogP contribution in [0, 0.1) is 0 Å². The van der Waals surface area contributed by atoms with Gasteiger partial charge in [-0.05, 0) is 0 Å². The molecular formula is C3H3BN2. The fourth-order valence-electron chi connectivity index (χ4n) is 0.253. The van der Waals surface area contributed by atoms with Crippen molar-refractivity contribution in [3.05, 3.63) is 18.5 Å². The average molecular weight is 77.9 g/mol. The molecule has 1 heterocycles. The molecule has 1 rings (SSSR count). The van der Waals surface area contributed by atoms with Gasteiger partial charge in [0, 0.05) is 0 Å². The Morgan fingerprint density at radius 1 is 1.33 bits per heavy atom. The van der Waals surface area contributed by atoms with Crippen LogP contribution in [0.1, 0.15) is 0 Å². The Morgan fingerprint density at radius 2 is 2.33 bits per heavy atom. The van der Waals surface area contributed by atoms with Gasteiger partial charge >= 0.3 is 35.4 Å². The number of hydrogen-bond acceptors (Lipinski definition) is 2. The molecule has 0 atom stereocenters. The Balaban J connectivity index is 3.00. The monoisotopic (exact) mass is 78.0 g/mol. The van der Waals surface area contributed by atoms with E-state index < -0.39 is 0 Å². The van der Waals surface area contributed by atoms with E-state index >= 15 is 0 Å². The molecule has 2 nitrogen and oxygen atoms in total. The van der Waals surface area contributed by atoms with Gasteiger partial charge in [0.25, 0.3) is 0 Å². The summed E-state index contributed by atoms with van der Waals surface area (Å²) in [6, 6.07) is 0. The van der Waals surface area contributed by atoms with Gasteiger partial charge in [-0.15, -0.1) is 0 Å². The summed E-state index contributed by atoms with van der Waals surface area (Å²) in [6.07, 6.45) is 4.92. The van der Waals surface area contributed by atoms with Crippen molar-refractivity contribution in [2.24, 2.45) is 0 Å². The zero-order valence-corrected chi connectivity index (χ0v) is 3.20. The van der Waals surface area contributed by atoms with Gasteiger partial charge in [-0.1, -0.05) is 0 Å². The molecule has 0 saturated heterocycles. The van der Waals surface area contributed by atoms with Crippen molar-refractivity contribution in [3.8, 4) is 0 Å². The Labute approximate surface area is 36.5 Å². The van der Waals surface area contributed by atoms with Crippen molar-refractivity contribution in [2.45, 2.75) is 0 Å². The Kier molecular flexibility index (Phi) is 0.951. The molecule has 0 spiro atoms. The van der Waals surface area contributed by atoms with Crippen LogP contribution in [-0.4, -0.2) is 16.9 Å². The summed E-state index contributed by atoms with van der Waals surface area (Å²) < 4.78 is 0. The van der Waals surface area contributed by atoms with Crippen LogP contribution in [0.2, 0.25) is 0 Å². The summed E-state index contributed by atoms with van der Waals surface area (Å²) in [6.45, 7) is 0. The predicted octanol–water partition coefficient (Wildman–Crippen LogP) is -0.185. The molecule has 0 radical (unpaired) electrons. The van der Waals surface area contributed by atoms with Gasteiger partial charge in [0.15, 0.2) is 0 Å². The quantitative estimate of drug-likeness (QED) is 0.430. The van der Waals surface area contributed by atoms with E-state index in [-0.39, 0.29) is 0 Å². The third-order valence-electron chi connectivity index (χ3n) is 0.478. The van der Waals surface area contributed by atoms with Crippen molar-refractivity contribution >= 4 is 7.05 Å². The van der Waals surface area contributed by atoms with Gasteiger partial charge in [0.1, 0.15) is 0 Å². The van der Waals surface area contributed by atoms with Crippen LogP contribution in [0.4, 0.5) is 0 Å². The molecule has 0 bridgehead atoms. The van der Waals surface area contributed by atoms with Crippen LogP contribution in [0.15, 0.2) is 18.5 Å². The van der Waals surface area contributed by atoms with E-state index in [1.54, 1.807) is 25.5 Å². The van der Waals surface area contributed by atoms with Crippen LogP contribution >= 0.6 is 0 Å². The summed E-state index contributed by atoms with van der Waals surface area (Å²) in [5, 5.41) is 0. The van der Waals surface area contributed by atoms with Crippen LogP contribution < -0.4 is 0 Å². The molecule has 0 amide bonds. The second-order valence-electron chi connectivity index (χ2n) is 0.894. The minimum absolute atomic E-state index is 1.64. The van der Waals surface area contributed by atoms with Crippen molar-refractivity contribution in [3.63, 3.8) is 0 Å². The molecular weight excluding hydrogens is 74.9 g/mol. The van der Waals surface area contributed by atoms with E-state index in [1.807, 2.05) is 0 Å². The Bertz CT molecular complexity index is 80.7. The average Bonchev–Trinajstić information content (AvgIpc) is 1.72. The topological polar surface area (TPSA) is 25.8 Å². The van der Waals surface area contributed by atoms with E-state index in [9.17, 15) is 0 Å². The first kappa shape index (κ1) is 3.46. The molecule has 0 N–H and O–H groups in total. The fraction of sp³-hybridized carbons (Fsp3) is 0. The first-order valence-corrected chi connectivity index (χ1v) is 1.70. The van der Waals surface area contributed by atoms with Crippen molar-refractivity contribution < 1.29 is 0 Å². The Hall–Kier alpha value is -0.725. The number of aromatic nitrogens is 2. The SMILES string of the molecule is b1cnccn1. The molecule has 28 valence electrons. The number of nitrogens with zero attached hydrogens (tertiary/aromatic N) is 2. The molecule has 0 aromatic carbocycles. The van der Waals surface area contributed by atoms with Gasteiger partial charge in [-0.2, -0.15) is 0 Å². The number of hydrogen-bond donors (Lipinski definition) is 0. The molecule has 0 aliphatic rings. The van der Waals surface area contributed by atoms with E-state index in [1.165, 1.54) is 0 Å². The van der Waals surface area contributed by atoms with Crippen molar-refractivity contribution in [2.75, 3.05) is 0 Å². The van der Waals surface area contributed by atoms with Gasteiger partial charge in [0.2, 0.25) is 0 Å². The van der Waals surface area contributed by atoms with E-state index in [0.717, 1.165) is 0 Å². The standard InChI is InChI=1S/C3H3BN2/c1-2-6-4-3-5-1/h1-3H. The molecule has 0 aliphatic heterocycles. The predicted molar refractivity (Wildman–Crippen MR) is 23.4 cm³/mol. The molecule has 1 aromatic heterocycles. The van der Waals surface area contributed by atoms with Gasteiger partial charge in [0.05, 0.1) is 0 Å². The van der Waals surface area contributed by atoms with Gasteiger partial charge in [-0.25, -0.2) is 0 Å². The van der Waals surface area contributed by atoms with Crippen LogP contribution in [0.25, 0.3) is 0 Å². The second kappa shape index (κ2) is 1.65. The normalized spacial score (nSPS) is 7.33. The van der Waals surface area contributed by atoms with E-state index in [0.29, 0.717) is 0 Å². The maximum absolute atomic E-state index is 3.72. The third kappa shape index (κ3) is 0.609. The van der Waals surface area contributed by atoms with Crippen LogP contribution in [0.5, 0.6) is 0 Å². The van der Waals surface area contributed by atoms with E-state index in [4.69, 9.17) is 0 Å². The summed E-state index contributed by atoms with van der Waals surface area (Å²) in [4.78, 5) is 7.44. The summed E-state index contributed by atoms with van der Waals surface area (Å²) >= 11 is 0. The molecule has 1 aromatic rings. The summed E-state index contributed by atoms with van der Waals surface area (Å²) in [5.74, 6) is 0. The van der Waals surface area contributed by atoms with Crippen molar-refractivity contribution in [1.29, 1.82) is 0 Å². The van der Waals surface area contributed by atoms with Gasteiger partial charge in [-0.3, -0.25) is 0 Å². The maximum atomic E-state index is 3.72. The first-order valence-electron chi connectivity index (χ1n) is 1.70. The molecule has 0 unspecified atom stereocenters. The zero-order valence-electron chi connectivity index (χ0n) is 3.20. The molecule has 0 aliphatic carbocycles. The second-order valence-corrected chi connectivity index (χ2v) is 0.894. The van der Waals surface area contributed by atoms with Gasteiger partial charge < -0.3 is 0 Å². The molecule has 0 saturated carbocycles. The molecule has 0 fully saturated rings. The summed E-state index contributed by atoms with van der Waals surface area (Å²) in [7, 11) is 1.64. The Morgan fingerprint density at radius 3 is 2.50 bits per heavy atom. The zero-order chi connectivity index (χ0) is 4.24. The minimum atomic E-state index is 1.64. The molecule has 6 heavy (non-hydrogen) atoms. The first-order chi connectivity index (χ1) is 3.00. The summed E-state index contributed by atoms with van der Waals surface area (Å²) in [5.41, 5.74) is 0. The van der Waals surface area contributed by atoms with Crippen molar-refractivity contribution in [1.82, 2.24) is 9.88 Å². The fourth-order valence-corrected chi connectivity index (χ4v) is 0.253. The third-order valence-corrected chi connectivity index (χ3v) is 0.478. The number of rotatable bonds is 0. The van der Waals surface area contributed by atoms with E-state index in [2.05, 4.69) is 9.88 Å². The van der Waals surface area contributed by atoms with Crippen LogP contribution in [0.3, 0.4) is 0 Å². The molecule has 3 heteroatoms. The van der Waals surface area contributed by atoms with Crippen LogP contribution in [-0.2, 0) is 0 Å².